The number of esters is 2. The van der Waals surface area contributed by atoms with Crippen molar-refractivity contribution in [2.24, 2.45) is 17.3 Å². The summed E-state index contributed by atoms with van der Waals surface area (Å²) < 4.78 is 10.4. The van der Waals surface area contributed by atoms with Gasteiger partial charge in [-0.2, -0.15) is 0 Å². The third-order valence-electron chi connectivity index (χ3n) is 5.60. The van der Waals surface area contributed by atoms with Gasteiger partial charge in [0.1, 0.15) is 6.10 Å². The predicted molar refractivity (Wildman–Crippen MR) is 84.5 cm³/mol. The van der Waals surface area contributed by atoms with Crippen LogP contribution in [0.2, 0.25) is 0 Å². The van der Waals surface area contributed by atoms with Crippen molar-refractivity contribution in [3.63, 3.8) is 0 Å². The Hall–Kier alpha value is -1.65. The zero-order valence-electron chi connectivity index (χ0n) is 14.6. The van der Waals surface area contributed by atoms with E-state index in [9.17, 15) is 14.4 Å². The Morgan fingerprint density at radius 1 is 1.35 bits per heavy atom. The number of Topliss-reactive ketones (excluding diaryl/α,β-unsaturated/α-hetero) is 1. The highest BCUT2D eigenvalue weighted by Crippen LogP contribution is 2.52. The van der Waals surface area contributed by atoms with Crippen molar-refractivity contribution in [3.05, 3.63) is 11.1 Å². The Balaban J connectivity index is 2.39. The van der Waals surface area contributed by atoms with Gasteiger partial charge in [-0.3, -0.25) is 14.4 Å². The third kappa shape index (κ3) is 3.33. The molecule has 5 heteroatoms. The van der Waals surface area contributed by atoms with Gasteiger partial charge in [0.15, 0.2) is 5.78 Å². The number of carbonyl (C=O) groups is 3. The fraction of sp³-hybridized carbons (Fsp3) is 0.722. The number of hydrogen-bond donors (Lipinski definition) is 0. The molecule has 0 amide bonds. The van der Waals surface area contributed by atoms with Crippen LogP contribution < -0.4 is 0 Å². The number of carbonyl (C=O) groups excluding carboxylic acids is 3. The first-order chi connectivity index (χ1) is 10.7. The fourth-order valence-corrected chi connectivity index (χ4v) is 4.14. The maximum absolute atomic E-state index is 12.1. The molecular formula is C18H26O5. The lowest BCUT2D eigenvalue weighted by Gasteiger charge is -2.47. The minimum Gasteiger partial charge on any atom is -0.469 e. The van der Waals surface area contributed by atoms with Crippen LogP contribution in [0.5, 0.6) is 0 Å². The van der Waals surface area contributed by atoms with Gasteiger partial charge in [-0.25, -0.2) is 0 Å². The number of hydrogen-bond acceptors (Lipinski definition) is 5. The van der Waals surface area contributed by atoms with Gasteiger partial charge in [0.05, 0.1) is 13.0 Å². The zero-order valence-corrected chi connectivity index (χ0v) is 14.6. The minimum atomic E-state index is -0.383. The highest BCUT2D eigenvalue weighted by atomic mass is 16.5. The molecule has 0 N–H and O–H groups in total. The Morgan fingerprint density at radius 3 is 2.57 bits per heavy atom. The maximum atomic E-state index is 12.1. The minimum absolute atomic E-state index is 0.134. The van der Waals surface area contributed by atoms with E-state index in [1.807, 2.05) is 6.92 Å². The van der Waals surface area contributed by atoms with Crippen molar-refractivity contribution in [2.45, 2.75) is 59.5 Å². The van der Waals surface area contributed by atoms with Gasteiger partial charge in [0, 0.05) is 19.3 Å². The van der Waals surface area contributed by atoms with E-state index in [0.29, 0.717) is 19.3 Å². The van der Waals surface area contributed by atoms with E-state index in [1.165, 1.54) is 14.0 Å². The molecule has 2 aliphatic rings. The molecule has 0 saturated heterocycles. The van der Waals surface area contributed by atoms with Crippen LogP contribution in [0.3, 0.4) is 0 Å². The summed E-state index contributed by atoms with van der Waals surface area (Å²) in [6, 6.07) is 0. The van der Waals surface area contributed by atoms with E-state index in [-0.39, 0.29) is 41.1 Å². The smallest absolute Gasteiger partial charge is 0.308 e. The topological polar surface area (TPSA) is 69.7 Å². The number of allylic oxidation sites excluding steroid dienone is 2. The van der Waals surface area contributed by atoms with Crippen LogP contribution in [-0.4, -0.2) is 30.9 Å². The van der Waals surface area contributed by atoms with Crippen molar-refractivity contribution in [2.75, 3.05) is 7.11 Å². The third-order valence-corrected chi connectivity index (χ3v) is 5.60. The molecule has 0 heterocycles. The van der Waals surface area contributed by atoms with E-state index >= 15 is 0 Å². The Morgan fingerprint density at radius 2 is 2.00 bits per heavy atom. The summed E-state index contributed by atoms with van der Waals surface area (Å²) in [4.78, 5) is 35.6. The van der Waals surface area contributed by atoms with Gasteiger partial charge in [0.25, 0.3) is 0 Å². The first-order valence-electron chi connectivity index (χ1n) is 8.18. The highest BCUT2D eigenvalue weighted by Gasteiger charge is 2.48. The SMILES string of the molecule is COC(=O)[C@@H](C)[C@H]1CC2=C(C)C(=O)CC[C@]2(C)C[C@H]1OC(C)=O. The van der Waals surface area contributed by atoms with Crippen molar-refractivity contribution < 1.29 is 23.9 Å². The molecule has 0 aromatic rings. The number of methoxy groups -OCH3 is 1. The summed E-state index contributed by atoms with van der Waals surface area (Å²) in [6.45, 7) is 7.20. The van der Waals surface area contributed by atoms with E-state index in [0.717, 1.165) is 17.6 Å². The van der Waals surface area contributed by atoms with Crippen LogP contribution in [0.1, 0.15) is 53.4 Å². The number of fused-ring (bicyclic) bond motifs is 1. The molecule has 1 saturated carbocycles. The quantitative estimate of drug-likeness (QED) is 0.747. The van der Waals surface area contributed by atoms with Crippen LogP contribution >= 0.6 is 0 Å². The zero-order chi connectivity index (χ0) is 17.4. The summed E-state index contributed by atoms with van der Waals surface area (Å²) in [6.07, 6.45) is 2.24. The number of rotatable bonds is 3. The summed E-state index contributed by atoms with van der Waals surface area (Å²) in [5.41, 5.74) is 1.81. The molecule has 2 rings (SSSR count). The van der Waals surface area contributed by atoms with E-state index in [1.54, 1.807) is 6.92 Å². The molecule has 0 unspecified atom stereocenters. The van der Waals surface area contributed by atoms with Crippen LogP contribution in [0.4, 0.5) is 0 Å². The molecule has 0 aromatic heterocycles. The lowest BCUT2D eigenvalue weighted by Crippen LogP contribution is -2.46. The largest absolute Gasteiger partial charge is 0.469 e. The summed E-state index contributed by atoms with van der Waals surface area (Å²) in [5, 5.41) is 0. The van der Waals surface area contributed by atoms with Crippen molar-refractivity contribution in [1.29, 1.82) is 0 Å². The molecule has 0 spiro atoms. The molecule has 0 aliphatic heterocycles. The average Bonchev–Trinajstić information content (AvgIpc) is 2.49. The molecular weight excluding hydrogens is 296 g/mol. The molecule has 0 aromatic carbocycles. The maximum Gasteiger partial charge on any atom is 0.308 e. The second-order valence-electron chi connectivity index (χ2n) is 7.12. The van der Waals surface area contributed by atoms with Crippen molar-refractivity contribution in [1.82, 2.24) is 0 Å². The van der Waals surface area contributed by atoms with Gasteiger partial charge in [-0.15, -0.1) is 0 Å². The van der Waals surface area contributed by atoms with Crippen molar-refractivity contribution in [3.8, 4) is 0 Å². The van der Waals surface area contributed by atoms with Gasteiger partial charge in [0.2, 0.25) is 0 Å². The van der Waals surface area contributed by atoms with Gasteiger partial charge < -0.3 is 9.47 Å². The lowest BCUT2D eigenvalue weighted by molar-refractivity contribution is -0.161. The molecule has 0 bridgehead atoms. The molecule has 0 radical (unpaired) electrons. The average molecular weight is 322 g/mol. The van der Waals surface area contributed by atoms with Crippen LogP contribution in [0, 0.1) is 17.3 Å². The standard InChI is InChI=1S/C18H26O5/c1-10(17(21)22-5)13-8-14-11(2)15(20)6-7-18(14,4)9-16(13)23-12(3)19/h10,13,16H,6-9H2,1-5H3/t10-,13+,16+,18+/m0/s1. The number of ketones is 1. The van der Waals surface area contributed by atoms with E-state index in [2.05, 4.69) is 6.92 Å². The second-order valence-corrected chi connectivity index (χ2v) is 7.12. The van der Waals surface area contributed by atoms with Gasteiger partial charge in [-0.05, 0) is 37.2 Å². The predicted octanol–water partition coefficient (Wildman–Crippen LogP) is 2.82. The first-order valence-corrected chi connectivity index (χ1v) is 8.18. The van der Waals surface area contributed by atoms with Crippen LogP contribution in [-0.2, 0) is 23.9 Å². The van der Waals surface area contributed by atoms with Crippen LogP contribution in [0.15, 0.2) is 11.1 Å². The van der Waals surface area contributed by atoms with Crippen LogP contribution in [0.25, 0.3) is 0 Å². The molecule has 128 valence electrons. The number of ether oxygens (including phenoxy) is 2. The Labute approximate surface area is 137 Å². The molecule has 23 heavy (non-hydrogen) atoms. The molecule has 1 fully saturated rings. The van der Waals surface area contributed by atoms with E-state index in [4.69, 9.17) is 9.47 Å². The van der Waals surface area contributed by atoms with Gasteiger partial charge >= 0.3 is 11.9 Å². The monoisotopic (exact) mass is 322 g/mol. The summed E-state index contributed by atoms with van der Waals surface area (Å²) in [7, 11) is 1.36. The first kappa shape index (κ1) is 17.7. The second kappa shape index (κ2) is 6.46. The Kier molecular flexibility index (Phi) is 4.97. The van der Waals surface area contributed by atoms with Gasteiger partial charge in [-0.1, -0.05) is 19.4 Å². The van der Waals surface area contributed by atoms with E-state index < -0.39 is 0 Å². The Bertz CT molecular complexity index is 562. The highest BCUT2D eigenvalue weighted by molar-refractivity contribution is 5.96. The summed E-state index contributed by atoms with van der Waals surface area (Å²) >= 11 is 0. The fourth-order valence-electron chi connectivity index (χ4n) is 4.14. The molecule has 2 aliphatic carbocycles. The normalized spacial score (nSPS) is 32.1. The lowest BCUT2D eigenvalue weighted by atomic mass is 9.59. The molecule has 4 atom stereocenters. The van der Waals surface area contributed by atoms with Crippen molar-refractivity contribution >= 4 is 17.7 Å². The molecule has 5 nitrogen and oxygen atoms in total. The summed E-state index contributed by atoms with van der Waals surface area (Å²) in [5.74, 6) is -0.998.